The molecule has 164 valence electrons. The number of benzene rings is 2. The van der Waals surface area contributed by atoms with Crippen LogP contribution in [0.2, 0.25) is 0 Å². The maximum Gasteiger partial charge on any atom is 0.410 e. The highest BCUT2D eigenvalue weighted by Crippen LogP contribution is 2.28. The van der Waals surface area contributed by atoms with E-state index in [2.05, 4.69) is 6.07 Å². The lowest BCUT2D eigenvalue weighted by Crippen LogP contribution is -2.53. The van der Waals surface area contributed by atoms with Gasteiger partial charge in [-0.3, -0.25) is 0 Å². The van der Waals surface area contributed by atoms with E-state index in [9.17, 15) is 18.8 Å². The molecule has 1 amide bonds. The zero-order valence-corrected chi connectivity index (χ0v) is 19.7. The predicted molar refractivity (Wildman–Crippen MR) is 120 cm³/mol. The van der Waals surface area contributed by atoms with Crippen molar-refractivity contribution in [3.8, 4) is 11.8 Å². The Hall–Kier alpha value is -2.41. The number of amides is 1. The Kier molecular flexibility index (Phi) is 7.04. The molecule has 8 heteroatoms. The quantitative estimate of drug-likeness (QED) is 0.485. The molecule has 0 spiro atoms. The normalized spacial score (nSPS) is 14.0. The van der Waals surface area contributed by atoms with E-state index in [1.807, 2.05) is 22.6 Å². The Bertz CT molecular complexity index is 1020. The van der Waals surface area contributed by atoms with Gasteiger partial charge in [0, 0.05) is 35.1 Å². The molecule has 31 heavy (non-hydrogen) atoms. The van der Waals surface area contributed by atoms with E-state index < -0.39 is 17.2 Å². The number of carbonyl (C=O) groups excluding carboxylic acids is 1. The van der Waals surface area contributed by atoms with E-state index in [1.54, 1.807) is 37.8 Å². The first-order valence-electron chi connectivity index (χ1n) is 9.83. The second-order valence-electron chi connectivity index (χ2n) is 8.52. The molecule has 1 heterocycles. The van der Waals surface area contributed by atoms with Gasteiger partial charge in [-0.1, -0.05) is 6.07 Å². The fourth-order valence-electron chi connectivity index (χ4n) is 3.24. The first-order chi connectivity index (χ1) is 14.6. The number of rotatable bonds is 5. The second kappa shape index (κ2) is 9.39. The molecule has 1 fully saturated rings. The van der Waals surface area contributed by atoms with Crippen LogP contribution in [0, 0.1) is 32.5 Å². The summed E-state index contributed by atoms with van der Waals surface area (Å²) in [5, 5.41) is 9.62. The number of hydrogen-bond donors (Lipinski definition) is 0. The summed E-state index contributed by atoms with van der Waals surface area (Å²) in [5.41, 5.74) is 0.360. The van der Waals surface area contributed by atoms with Crippen molar-refractivity contribution in [2.45, 2.75) is 32.8 Å². The van der Waals surface area contributed by atoms with Gasteiger partial charge in [0.1, 0.15) is 29.1 Å². The van der Waals surface area contributed by atoms with Gasteiger partial charge in [-0.05, 0) is 72.7 Å². The van der Waals surface area contributed by atoms with Crippen molar-refractivity contribution in [3.63, 3.8) is 0 Å². The van der Waals surface area contributed by atoms with Gasteiger partial charge in [0.05, 0.1) is 12.2 Å². The summed E-state index contributed by atoms with van der Waals surface area (Å²) in [6.07, 6.45) is -0.302. The molecule has 1 aliphatic rings. The molecule has 0 saturated carbocycles. The van der Waals surface area contributed by atoms with Crippen molar-refractivity contribution in [1.82, 2.24) is 4.90 Å². The third kappa shape index (κ3) is 6.06. The third-order valence-corrected chi connectivity index (χ3v) is 5.41. The Morgan fingerprint density at radius 1 is 1.23 bits per heavy atom. The van der Waals surface area contributed by atoms with Gasteiger partial charge in [-0.2, -0.15) is 5.26 Å². The predicted octanol–water partition coefficient (Wildman–Crippen LogP) is 5.28. The molecule has 3 rings (SSSR count). The molecule has 0 bridgehead atoms. The van der Waals surface area contributed by atoms with E-state index in [1.165, 1.54) is 12.1 Å². The molecule has 2 aromatic rings. The topological polar surface area (TPSA) is 62.6 Å². The molecule has 5 nitrogen and oxygen atoms in total. The van der Waals surface area contributed by atoms with Crippen LogP contribution in [0.1, 0.15) is 37.5 Å². The lowest BCUT2D eigenvalue weighted by molar-refractivity contribution is -0.00784. The largest absolute Gasteiger partial charge is 0.492 e. The van der Waals surface area contributed by atoms with E-state index in [-0.39, 0.29) is 36.4 Å². The lowest BCUT2D eigenvalue weighted by atomic mass is 9.98. The minimum Gasteiger partial charge on any atom is -0.492 e. The summed E-state index contributed by atoms with van der Waals surface area (Å²) in [6, 6.07) is 9.23. The van der Waals surface area contributed by atoms with E-state index in [4.69, 9.17) is 9.47 Å². The van der Waals surface area contributed by atoms with Crippen LogP contribution in [0.4, 0.5) is 13.6 Å². The molecule has 0 N–H and O–H groups in total. The molecule has 1 saturated heterocycles. The number of nitriles is 1. The van der Waals surface area contributed by atoms with Crippen LogP contribution in [0.3, 0.4) is 0 Å². The number of nitrogens with zero attached hydrogens (tertiary/aromatic N) is 2. The second-order valence-corrected chi connectivity index (χ2v) is 9.77. The van der Waals surface area contributed by atoms with Crippen LogP contribution in [0.5, 0.6) is 5.75 Å². The standard InChI is InChI=1S/C23H23F2IN2O3/c1-23(2,3)31-22(29)28-11-14(12-28)13-30-21-8-17(24)7-16(19(21)10-27)6-15-4-5-18(26)9-20(15)25/h4-5,7-9,14H,6,11-13H2,1-3H3. The first kappa shape index (κ1) is 23.3. The summed E-state index contributed by atoms with van der Waals surface area (Å²) in [4.78, 5) is 13.6. The molecule has 0 radical (unpaired) electrons. The lowest BCUT2D eigenvalue weighted by Gasteiger charge is -2.39. The summed E-state index contributed by atoms with van der Waals surface area (Å²) < 4.78 is 40.2. The van der Waals surface area contributed by atoms with Crippen LogP contribution in [-0.4, -0.2) is 36.3 Å². The molecule has 0 aromatic heterocycles. The molecular weight excluding hydrogens is 517 g/mol. The molecular formula is C23H23F2IN2O3. The molecule has 1 aliphatic heterocycles. The number of ether oxygens (including phenoxy) is 2. The van der Waals surface area contributed by atoms with Crippen molar-refractivity contribution in [2.75, 3.05) is 19.7 Å². The highest BCUT2D eigenvalue weighted by Gasteiger charge is 2.34. The van der Waals surface area contributed by atoms with Gasteiger partial charge in [0.25, 0.3) is 0 Å². The van der Waals surface area contributed by atoms with Crippen LogP contribution in [0.15, 0.2) is 30.3 Å². The minimum atomic E-state index is -0.561. The van der Waals surface area contributed by atoms with Crippen LogP contribution in [0.25, 0.3) is 0 Å². The Balaban J connectivity index is 1.66. The van der Waals surface area contributed by atoms with Crippen molar-refractivity contribution in [1.29, 1.82) is 5.26 Å². The van der Waals surface area contributed by atoms with E-state index in [0.717, 1.165) is 9.64 Å². The molecule has 2 aromatic carbocycles. The van der Waals surface area contributed by atoms with E-state index >= 15 is 0 Å². The molecule has 0 atom stereocenters. The van der Waals surface area contributed by atoms with Crippen molar-refractivity contribution in [2.24, 2.45) is 5.92 Å². The summed E-state index contributed by atoms with van der Waals surface area (Å²) in [5.74, 6) is -0.781. The van der Waals surface area contributed by atoms with Crippen molar-refractivity contribution >= 4 is 28.7 Å². The summed E-state index contributed by atoms with van der Waals surface area (Å²) in [7, 11) is 0. The van der Waals surface area contributed by atoms with Gasteiger partial charge < -0.3 is 14.4 Å². The minimum absolute atomic E-state index is 0.0550. The fraction of sp³-hybridized carbons (Fsp3) is 0.391. The number of likely N-dealkylation sites (tertiary alicyclic amines) is 1. The van der Waals surface area contributed by atoms with Crippen molar-refractivity contribution < 1.29 is 23.0 Å². The van der Waals surface area contributed by atoms with Gasteiger partial charge in [-0.25, -0.2) is 13.6 Å². The highest BCUT2D eigenvalue weighted by atomic mass is 127. The number of carbonyl (C=O) groups is 1. The van der Waals surface area contributed by atoms with Gasteiger partial charge in [0.2, 0.25) is 0 Å². The van der Waals surface area contributed by atoms with Crippen LogP contribution in [-0.2, 0) is 11.2 Å². The van der Waals surface area contributed by atoms with Gasteiger partial charge >= 0.3 is 6.09 Å². The number of hydrogen-bond acceptors (Lipinski definition) is 4. The SMILES string of the molecule is CC(C)(C)OC(=O)N1CC(COc2cc(F)cc(Cc3ccc(I)cc3F)c2C#N)C1. The van der Waals surface area contributed by atoms with Crippen LogP contribution < -0.4 is 4.74 Å². The average molecular weight is 540 g/mol. The third-order valence-electron chi connectivity index (χ3n) is 4.74. The summed E-state index contributed by atoms with van der Waals surface area (Å²) >= 11 is 2.01. The highest BCUT2D eigenvalue weighted by molar-refractivity contribution is 14.1. The monoisotopic (exact) mass is 540 g/mol. The van der Waals surface area contributed by atoms with Crippen molar-refractivity contribution in [3.05, 3.63) is 62.2 Å². The maximum atomic E-state index is 14.2. The van der Waals surface area contributed by atoms with E-state index in [0.29, 0.717) is 24.2 Å². The fourth-order valence-corrected chi connectivity index (χ4v) is 3.70. The smallest absolute Gasteiger partial charge is 0.410 e. The Morgan fingerprint density at radius 2 is 1.94 bits per heavy atom. The molecule has 0 unspecified atom stereocenters. The number of halogens is 3. The van der Waals surface area contributed by atoms with Gasteiger partial charge in [0.15, 0.2) is 0 Å². The molecule has 0 aliphatic carbocycles. The maximum absolute atomic E-state index is 14.2. The zero-order valence-electron chi connectivity index (χ0n) is 17.5. The summed E-state index contributed by atoms with van der Waals surface area (Å²) in [6.45, 7) is 6.57. The Morgan fingerprint density at radius 3 is 2.55 bits per heavy atom. The Labute approximate surface area is 194 Å². The zero-order chi connectivity index (χ0) is 22.8. The average Bonchev–Trinajstić information content (AvgIpc) is 2.61. The van der Waals surface area contributed by atoms with Gasteiger partial charge in [-0.15, -0.1) is 0 Å². The first-order valence-corrected chi connectivity index (χ1v) is 10.9. The van der Waals surface area contributed by atoms with Crippen LogP contribution >= 0.6 is 22.6 Å².